The number of pyridine rings is 1. The zero-order chi connectivity index (χ0) is 13.0. The Bertz CT molecular complexity index is 549. The molecule has 0 aliphatic rings. The molecular weight excluding hydrogens is 232 g/mol. The highest BCUT2D eigenvalue weighted by molar-refractivity contribution is 5.88. The molecule has 0 saturated carbocycles. The summed E-state index contributed by atoms with van der Waals surface area (Å²) in [5, 5.41) is 3.15. The molecule has 0 amide bonds. The minimum atomic E-state index is -0.451. The molecule has 5 nitrogen and oxygen atoms in total. The summed E-state index contributed by atoms with van der Waals surface area (Å²) in [6.45, 7) is 2.45. The molecule has 18 heavy (non-hydrogen) atoms. The summed E-state index contributed by atoms with van der Waals surface area (Å²) in [7, 11) is 1.33. The van der Waals surface area contributed by atoms with Crippen LogP contribution in [0.5, 0.6) is 0 Å². The van der Waals surface area contributed by atoms with Crippen molar-refractivity contribution in [2.24, 2.45) is 0 Å². The second-order valence-electron chi connectivity index (χ2n) is 3.79. The maximum atomic E-state index is 11.3. The largest absolute Gasteiger partial charge is 0.465 e. The van der Waals surface area contributed by atoms with Gasteiger partial charge in [-0.05, 0) is 31.2 Å². The Morgan fingerprint density at radius 1 is 1.44 bits per heavy atom. The van der Waals surface area contributed by atoms with Gasteiger partial charge in [-0.25, -0.2) is 9.78 Å². The number of methoxy groups -OCH3 is 1. The van der Waals surface area contributed by atoms with Gasteiger partial charge in [0, 0.05) is 11.9 Å². The van der Waals surface area contributed by atoms with E-state index in [1.807, 2.05) is 19.1 Å². The second kappa shape index (κ2) is 5.35. The van der Waals surface area contributed by atoms with Crippen LogP contribution in [0.3, 0.4) is 0 Å². The minimum absolute atomic E-state index is 0.276. The summed E-state index contributed by atoms with van der Waals surface area (Å²) in [5.41, 5.74) is 1.07. The van der Waals surface area contributed by atoms with Gasteiger partial charge in [0.2, 0.25) is 0 Å². The van der Waals surface area contributed by atoms with Gasteiger partial charge in [-0.2, -0.15) is 0 Å². The molecule has 2 aromatic rings. The highest BCUT2D eigenvalue weighted by Crippen LogP contribution is 2.12. The van der Waals surface area contributed by atoms with Crippen molar-refractivity contribution in [2.45, 2.75) is 13.5 Å². The Morgan fingerprint density at radius 3 is 2.94 bits per heavy atom. The number of furan rings is 1. The highest BCUT2D eigenvalue weighted by atomic mass is 16.5. The van der Waals surface area contributed by atoms with Gasteiger partial charge in [0.05, 0.1) is 13.7 Å². The minimum Gasteiger partial charge on any atom is -0.465 e. The lowest BCUT2D eigenvalue weighted by molar-refractivity contribution is 0.0594. The number of carbonyl (C=O) groups excluding carboxylic acids is 1. The van der Waals surface area contributed by atoms with Crippen LogP contribution in [0.25, 0.3) is 0 Å². The van der Waals surface area contributed by atoms with Gasteiger partial charge in [0.25, 0.3) is 0 Å². The first-order valence-electron chi connectivity index (χ1n) is 5.52. The molecule has 0 spiro atoms. The van der Waals surface area contributed by atoms with E-state index >= 15 is 0 Å². The van der Waals surface area contributed by atoms with Gasteiger partial charge in [-0.1, -0.05) is 0 Å². The van der Waals surface area contributed by atoms with Crippen molar-refractivity contribution in [3.8, 4) is 0 Å². The van der Waals surface area contributed by atoms with Crippen molar-refractivity contribution in [3.63, 3.8) is 0 Å². The fourth-order valence-electron chi connectivity index (χ4n) is 1.53. The van der Waals surface area contributed by atoms with E-state index in [0.717, 1.165) is 17.2 Å². The number of hydrogen-bond acceptors (Lipinski definition) is 5. The number of anilines is 1. The summed E-state index contributed by atoms with van der Waals surface area (Å²) in [4.78, 5) is 15.2. The number of aromatic nitrogens is 1. The van der Waals surface area contributed by atoms with Crippen molar-refractivity contribution >= 4 is 11.7 Å². The first kappa shape index (κ1) is 12.2. The summed E-state index contributed by atoms with van der Waals surface area (Å²) >= 11 is 0. The molecule has 0 bridgehead atoms. The van der Waals surface area contributed by atoms with E-state index in [0.29, 0.717) is 6.54 Å². The van der Waals surface area contributed by atoms with Crippen LogP contribution in [0, 0.1) is 6.92 Å². The molecule has 2 heterocycles. The smallest absolute Gasteiger partial charge is 0.356 e. The van der Waals surface area contributed by atoms with Crippen LogP contribution in [-0.4, -0.2) is 18.1 Å². The number of nitrogens with zero attached hydrogens (tertiary/aromatic N) is 1. The van der Waals surface area contributed by atoms with Gasteiger partial charge in [0.15, 0.2) is 0 Å². The molecule has 5 heteroatoms. The van der Waals surface area contributed by atoms with Crippen LogP contribution in [0.15, 0.2) is 34.9 Å². The average molecular weight is 246 g/mol. The van der Waals surface area contributed by atoms with Crippen molar-refractivity contribution in [1.82, 2.24) is 4.98 Å². The molecule has 0 atom stereocenters. The van der Waals surface area contributed by atoms with Crippen molar-refractivity contribution in [3.05, 3.63) is 47.7 Å². The van der Waals surface area contributed by atoms with Crippen LogP contribution >= 0.6 is 0 Å². The third-order valence-electron chi connectivity index (χ3n) is 2.42. The standard InChI is InChI=1S/C13H14N2O3/c1-9-3-4-11(18-9)8-15-10-5-6-14-12(7-10)13(16)17-2/h3-7H,8H2,1-2H3,(H,14,15). The van der Waals surface area contributed by atoms with Gasteiger partial charge in [-0.15, -0.1) is 0 Å². The van der Waals surface area contributed by atoms with Gasteiger partial charge in [0.1, 0.15) is 17.2 Å². The maximum absolute atomic E-state index is 11.3. The Hall–Kier alpha value is -2.30. The summed E-state index contributed by atoms with van der Waals surface area (Å²) in [5.74, 6) is 1.26. The van der Waals surface area contributed by atoms with Crippen molar-refractivity contribution in [2.75, 3.05) is 12.4 Å². The highest BCUT2D eigenvalue weighted by Gasteiger charge is 2.07. The van der Waals surface area contributed by atoms with Crippen molar-refractivity contribution < 1.29 is 13.9 Å². The number of aryl methyl sites for hydroxylation is 1. The molecule has 0 radical (unpaired) electrons. The molecule has 94 valence electrons. The third kappa shape index (κ3) is 2.88. The lowest BCUT2D eigenvalue weighted by atomic mass is 10.3. The molecule has 2 rings (SSSR count). The summed E-state index contributed by atoms with van der Waals surface area (Å²) in [6, 6.07) is 7.23. The SMILES string of the molecule is COC(=O)c1cc(NCc2ccc(C)o2)ccn1. The lowest BCUT2D eigenvalue weighted by Crippen LogP contribution is -2.05. The Kier molecular flexibility index (Phi) is 3.62. The van der Waals surface area contributed by atoms with Crippen LogP contribution in [0.4, 0.5) is 5.69 Å². The molecule has 0 aromatic carbocycles. The van der Waals surface area contributed by atoms with E-state index in [2.05, 4.69) is 15.0 Å². The fraction of sp³-hybridized carbons (Fsp3) is 0.231. The summed E-state index contributed by atoms with van der Waals surface area (Å²) in [6.07, 6.45) is 1.56. The predicted molar refractivity (Wildman–Crippen MR) is 66.3 cm³/mol. The van der Waals surface area contributed by atoms with E-state index < -0.39 is 5.97 Å². The molecule has 1 N–H and O–H groups in total. The first-order valence-corrected chi connectivity index (χ1v) is 5.52. The van der Waals surface area contributed by atoms with Gasteiger partial charge < -0.3 is 14.5 Å². The average Bonchev–Trinajstić information content (AvgIpc) is 2.81. The van der Waals surface area contributed by atoms with E-state index in [4.69, 9.17) is 4.42 Å². The molecular formula is C13H14N2O3. The molecule has 0 fully saturated rings. The van der Waals surface area contributed by atoms with Crippen LogP contribution < -0.4 is 5.32 Å². The quantitative estimate of drug-likeness (QED) is 0.839. The Labute approximate surface area is 105 Å². The maximum Gasteiger partial charge on any atom is 0.356 e. The Balaban J connectivity index is 2.03. The molecule has 0 aliphatic carbocycles. The normalized spacial score (nSPS) is 10.1. The number of esters is 1. The lowest BCUT2D eigenvalue weighted by Gasteiger charge is -2.05. The van der Waals surface area contributed by atoms with Crippen LogP contribution in [0.2, 0.25) is 0 Å². The zero-order valence-electron chi connectivity index (χ0n) is 10.3. The Morgan fingerprint density at radius 2 is 2.28 bits per heavy atom. The summed E-state index contributed by atoms with van der Waals surface area (Å²) < 4.78 is 10.0. The van der Waals surface area contributed by atoms with Gasteiger partial charge >= 0.3 is 5.97 Å². The monoisotopic (exact) mass is 246 g/mol. The van der Waals surface area contributed by atoms with Crippen LogP contribution in [0.1, 0.15) is 22.0 Å². The zero-order valence-corrected chi connectivity index (χ0v) is 10.3. The molecule has 0 aliphatic heterocycles. The number of rotatable bonds is 4. The predicted octanol–water partition coefficient (Wildman–Crippen LogP) is 2.38. The first-order chi connectivity index (χ1) is 8.69. The van der Waals surface area contributed by atoms with E-state index in [9.17, 15) is 4.79 Å². The number of ether oxygens (including phenoxy) is 1. The topological polar surface area (TPSA) is 64.4 Å². The van der Waals surface area contributed by atoms with E-state index in [-0.39, 0.29) is 5.69 Å². The van der Waals surface area contributed by atoms with Crippen molar-refractivity contribution in [1.29, 1.82) is 0 Å². The molecule has 0 unspecified atom stereocenters. The third-order valence-corrected chi connectivity index (χ3v) is 2.42. The van der Waals surface area contributed by atoms with E-state index in [1.165, 1.54) is 7.11 Å². The molecule has 2 aromatic heterocycles. The van der Waals surface area contributed by atoms with Gasteiger partial charge in [-0.3, -0.25) is 0 Å². The number of nitrogens with one attached hydrogen (secondary N) is 1. The number of carbonyl (C=O) groups is 1. The van der Waals surface area contributed by atoms with Crippen LogP contribution in [-0.2, 0) is 11.3 Å². The number of hydrogen-bond donors (Lipinski definition) is 1. The second-order valence-corrected chi connectivity index (χ2v) is 3.79. The van der Waals surface area contributed by atoms with E-state index in [1.54, 1.807) is 18.3 Å². The fourth-order valence-corrected chi connectivity index (χ4v) is 1.53. The molecule has 0 saturated heterocycles.